The lowest BCUT2D eigenvalue weighted by atomic mass is 10.0. The number of aliphatic hydroxyl groups excluding tert-OH is 1. The molecule has 178 valence electrons. The number of imide groups is 1. The molecule has 3 N–H and O–H groups in total. The molecule has 10 nitrogen and oxygen atoms in total. The van der Waals surface area contributed by atoms with E-state index in [1.807, 2.05) is 6.07 Å². The molecule has 2 atom stereocenters. The number of nitrogens with zero attached hydrogens (tertiary/aromatic N) is 2. The van der Waals surface area contributed by atoms with Crippen LogP contribution in [0.2, 0.25) is 0 Å². The Bertz CT molecular complexity index is 781. The van der Waals surface area contributed by atoms with Gasteiger partial charge < -0.3 is 25.1 Å². The first-order valence-corrected chi connectivity index (χ1v) is 10.3. The SMILES string of the molecule is CCC(=O)N(C(=O)N(C[C@H](OCC(C)O)c1ccccc1)O/C=C\NC)C(C)(C)C(=O)O. The number of hydroxylamine groups is 2. The summed E-state index contributed by atoms with van der Waals surface area (Å²) in [7, 11) is 1.63. The van der Waals surface area contributed by atoms with Crippen LogP contribution in [-0.2, 0) is 19.2 Å². The molecule has 1 rings (SSSR count). The largest absolute Gasteiger partial charge is 0.480 e. The number of hydrogen-bond acceptors (Lipinski definition) is 7. The second-order valence-electron chi connectivity index (χ2n) is 7.57. The zero-order valence-electron chi connectivity index (χ0n) is 19.1. The van der Waals surface area contributed by atoms with Gasteiger partial charge in [0, 0.05) is 19.7 Å². The lowest BCUT2D eigenvalue weighted by Gasteiger charge is -2.37. The molecule has 0 bridgehead atoms. The lowest BCUT2D eigenvalue weighted by Crippen LogP contribution is -2.59. The van der Waals surface area contributed by atoms with E-state index < -0.39 is 35.7 Å². The second kappa shape index (κ2) is 12.7. The molecule has 0 aliphatic heterocycles. The fourth-order valence-electron chi connectivity index (χ4n) is 2.69. The van der Waals surface area contributed by atoms with E-state index in [0.717, 1.165) is 5.06 Å². The summed E-state index contributed by atoms with van der Waals surface area (Å²) in [6, 6.07) is 8.03. The van der Waals surface area contributed by atoms with Gasteiger partial charge in [-0.25, -0.2) is 14.5 Å². The number of urea groups is 1. The van der Waals surface area contributed by atoms with Crippen LogP contribution in [-0.4, -0.2) is 69.9 Å². The predicted molar refractivity (Wildman–Crippen MR) is 117 cm³/mol. The number of benzene rings is 1. The van der Waals surface area contributed by atoms with E-state index in [2.05, 4.69) is 5.32 Å². The standard InChI is InChI=1S/C22H33N3O7/c1-6-19(27)25(22(3,4)20(28)29)21(30)24(32-13-12-23-5)14-18(31-15-16(2)26)17-10-8-7-9-11-17/h7-13,16,18,23,26H,6,14-15H2,1-5H3,(H,28,29)/b13-12-/t16?,18-/m0/s1. The predicted octanol–water partition coefficient (Wildman–Crippen LogP) is 2.27. The van der Waals surface area contributed by atoms with E-state index in [9.17, 15) is 24.6 Å². The number of amides is 3. The third-order valence-electron chi connectivity index (χ3n) is 4.50. The Morgan fingerprint density at radius 3 is 2.34 bits per heavy atom. The van der Waals surface area contributed by atoms with Gasteiger partial charge in [0.2, 0.25) is 5.91 Å². The lowest BCUT2D eigenvalue weighted by molar-refractivity contribution is -0.158. The van der Waals surface area contributed by atoms with E-state index >= 15 is 0 Å². The fourth-order valence-corrected chi connectivity index (χ4v) is 2.69. The Kier molecular flexibility index (Phi) is 10.7. The number of aliphatic carboxylic acids is 1. The van der Waals surface area contributed by atoms with E-state index in [1.165, 1.54) is 33.2 Å². The minimum absolute atomic E-state index is 0.00777. The van der Waals surface area contributed by atoms with Crippen LogP contribution in [0.25, 0.3) is 0 Å². The van der Waals surface area contributed by atoms with Gasteiger partial charge in [0.05, 0.1) is 19.3 Å². The van der Waals surface area contributed by atoms with Crippen LogP contribution in [0.15, 0.2) is 42.8 Å². The summed E-state index contributed by atoms with van der Waals surface area (Å²) in [5.41, 5.74) is -1.11. The van der Waals surface area contributed by atoms with E-state index in [4.69, 9.17) is 9.57 Å². The molecule has 0 aromatic heterocycles. The van der Waals surface area contributed by atoms with Gasteiger partial charge in [0.25, 0.3) is 0 Å². The Labute approximate surface area is 188 Å². The maximum Gasteiger partial charge on any atom is 0.360 e. The zero-order valence-corrected chi connectivity index (χ0v) is 19.1. The second-order valence-corrected chi connectivity index (χ2v) is 7.57. The molecule has 3 amide bonds. The van der Waals surface area contributed by atoms with Crippen molar-refractivity contribution in [2.75, 3.05) is 20.2 Å². The third kappa shape index (κ3) is 7.54. The Morgan fingerprint density at radius 1 is 1.22 bits per heavy atom. The van der Waals surface area contributed by atoms with Crippen molar-refractivity contribution in [1.82, 2.24) is 15.3 Å². The van der Waals surface area contributed by atoms with Crippen molar-refractivity contribution in [3.8, 4) is 0 Å². The molecule has 0 spiro atoms. The number of carboxylic acid groups (broad SMARTS) is 1. The van der Waals surface area contributed by atoms with Crippen LogP contribution in [0.5, 0.6) is 0 Å². The number of aliphatic hydroxyl groups is 1. The average Bonchev–Trinajstić information content (AvgIpc) is 2.75. The average molecular weight is 452 g/mol. The summed E-state index contributed by atoms with van der Waals surface area (Å²) >= 11 is 0. The highest BCUT2D eigenvalue weighted by atomic mass is 16.7. The third-order valence-corrected chi connectivity index (χ3v) is 4.50. The monoisotopic (exact) mass is 451 g/mol. The molecule has 0 radical (unpaired) electrons. The number of hydrogen-bond donors (Lipinski definition) is 3. The summed E-state index contributed by atoms with van der Waals surface area (Å²) < 4.78 is 5.79. The van der Waals surface area contributed by atoms with Gasteiger partial charge in [-0.15, -0.1) is 0 Å². The first kappa shape index (κ1) is 26.9. The maximum atomic E-state index is 13.4. The molecule has 1 aromatic carbocycles. The summed E-state index contributed by atoms with van der Waals surface area (Å²) in [6.07, 6.45) is 1.06. The number of ether oxygens (including phenoxy) is 1. The number of nitrogens with one attached hydrogen (secondary N) is 1. The van der Waals surface area contributed by atoms with Crippen molar-refractivity contribution in [2.45, 2.75) is 51.9 Å². The van der Waals surface area contributed by atoms with E-state index in [1.54, 1.807) is 38.2 Å². The molecule has 1 unspecified atom stereocenters. The number of carbonyl (C=O) groups is 3. The minimum Gasteiger partial charge on any atom is -0.480 e. The summed E-state index contributed by atoms with van der Waals surface area (Å²) in [5.74, 6) is -2.02. The van der Waals surface area contributed by atoms with Crippen LogP contribution in [0.3, 0.4) is 0 Å². The van der Waals surface area contributed by atoms with Crippen molar-refractivity contribution in [2.24, 2.45) is 0 Å². The van der Waals surface area contributed by atoms with Gasteiger partial charge in [-0.3, -0.25) is 4.79 Å². The molecular formula is C22H33N3O7. The molecule has 1 aromatic rings. The van der Waals surface area contributed by atoms with Crippen molar-refractivity contribution in [3.05, 3.63) is 48.4 Å². The molecular weight excluding hydrogens is 418 g/mol. The highest BCUT2D eigenvalue weighted by Crippen LogP contribution is 2.24. The zero-order chi connectivity index (χ0) is 24.3. The van der Waals surface area contributed by atoms with Crippen molar-refractivity contribution in [3.63, 3.8) is 0 Å². The van der Waals surface area contributed by atoms with Gasteiger partial charge in [-0.05, 0) is 26.3 Å². The van der Waals surface area contributed by atoms with Gasteiger partial charge in [-0.2, -0.15) is 5.06 Å². The van der Waals surface area contributed by atoms with Crippen LogP contribution < -0.4 is 5.32 Å². The van der Waals surface area contributed by atoms with Crippen molar-refractivity contribution in [1.29, 1.82) is 0 Å². The van der Waals surface area contributed by atoms with Gasteiger partial charge >= 0.3 is 12.0 Å². The topological polar surface area (TPSA) is 129 Å². The minimum atomic E-state index is -1.82. The highest BCUT2D eigenvalue weighted by molar-refractivity contribution is 5.99. The van der Waals surface area contributed by atoms with Gasteiger partial charge in [-0.1, -0.05) is 37.3 Å². The molecule has 0 aliphatic rings. The van der Waals surface area contributed by atoms with Crippen LogP contribution in [0.1, 0.15) is 45.8 Å². The Balaban J connectivity index is 3.35. The quantitative estimate of drug-likeness (QED) is 0.326. The summed E-state index contributed by atoms with van der Waals surface area (Å²) in [4.78, 5) is 43.9. The first-order valence-electron chi connectivity index (χ1n) is 10.3. The number of rotatable bonds is 12. The first-order chi connectivity index (χ1) is 15.1. The highest BCUT2D eigenvalue weighted by Gasteiger charge is 2.44. The molecule has 32 heavy (non-hydrogen) atoms. The normalized spacial score (nSPS) is 13.3. The maximum absolute atomic E-state index is 13.4. The fraction of sp³-hybridized carbons (Fsp3) is 0.500. The number of carbonyl (C=O) groups excluding carboxylic acids is 2. The van der Waals surface area contributed by atoms with Crippen LogP contribution >= 0.6 is 0 Å². The van der Waals surface area contributed by atoms with Gasteiger partial charge in [0.15, 0.2) is 0 Å². The molecule has 0 heterocycles. The molecule has 0 saturated heterocycles. The van der Waals surface area contributed by atoms with Gasteiger partial charge in [0.1, 0.15) is 17.9 Å². The summed E-state index contributed by atoms with van der Waals surface area (Å²) in [6.45, 7) is 5.44. The Hall–Kier alpha value is -3.11. The van der Waals surface area contributed by atoms with E-state index in [0.29, 0.717) is 10.5 Å². The molecule has 0 saturated carbocycles. The van der Waals surface area contributed by atoms with Crippen LogP contribution in [0, 0.1) is 0 Å². The van der Waals surface area contributed by atoms with Crippen molar-refractivity contribution >= 4 is 17.9 Å². The summed E-state index contributed by atoms with van der Waals surface area (Å²) in [5, 5.41) is 22.9. The van der Waals surface area contributed by atoms with Crippen molar-refractivity contribution < 1.29 is 34.2 Å². The molecule has 10 heteroatoms. The Morgan fingerprint density at radius 2 is 1.84 bits per heavy atom. The van der Waals surface area contributed by atoms with E-state index in [-0.39, 0.29) is 19.6 Å². The smallest absolute Gasteiger partial charge is 0.360 e. The van der Waals surface area contributed by atoms with Crippen LogP contribution in [0.4, 0.5) is 4.79 Å². The molecule has 0 fully saturated rings. The molecule has 0 aliphatic carbocycles. The number of carboxylic acids is 1.